The Balaban J connectivity index is 2.84. The lowest BCUT2D eigenvalue weighted by Gasteiger charge is -2.06. The van der Waals surface area contributed by atoms with Crippen LogP contribution in [0.4, 0.5) is 0 Å². The predicted octanol–water partition coefficient (Wildman–Crippen LogP) is 2.90. The molecule has 16 heavy (non-hydrogen) atoms. The normalized spacial score (nSPS) is 10.1. The smallest absolute Gasteiger partial charge is 0.338 e. The Hall–Kier alpha value is -1.03. The molecule has 0 fully saturated rings. The van der Waals surface area contributed by atoms with Crippen LogP contribution in [0.2, 0.25) is 0 Å². The Morgan fingerprint density at radius 1 is 1.50 bits per heavy atom. The number of carbonyl (C=O) groups is 1. The summed E-state index contributed by atoms with van der Waals surface area (Å²) >= 11 is 3.33. The highest BCUT2D eigenvalue weighted by Gasteiger charge is 2.09. The van der Waals surface area contributed by atoms with Gasteiger partial charge in [0.2, 0.25) is 0 Å². The Kier molecular flexibility index (Phi) is 5.32. The van der Waals surface area contributed by atoms with Crippen LogP contribution >= 0.6 is 15.9 Å². The molecule has 0 aliphatic heterocycles. The number of phenols is 1. The largest absolute Gasteiger partial charge is 0.508 e. The maximum atomic E-state index is 11.5. The number of aryl methyl sites for hydroxylation is 1. The van der Waals surface area contributed by atoms with E-state index in [0.29, 0.717) is 12.2 Å². The summed E-state index contributed by atoms with van der Waals surface area (Å²) in [5.41, 5.74) is 1.27. The first kappa shape index (κ1) is 13.0. The molecule has 0 unspecified atom stereocenters. The number of ether oxygens (including phenoxy) is 1. The van der Waals surface area contributed by atoms with Gasteiger partial charge in [0.1, 0.15) is 5.75 Å². The maximum absolute atomic E-state index is 11.5. The van der Waals surface area contributed by atoms with E-state index in [1.54, 1.807) is 19.1 Å². The van der Waals surface area contributed by atoms with Crippen molar-refractivity contribution in [1.82, 2.24) is 0 Å². The lowest BCUT2D eigenvalue weighted by atomic mass is 10.1. The van der Waals surface area contributed by atoms with Gasteiger partial charge in [-0.05, 0) is 43.5 Å². The van der Waals surface area contributed by atoms with Crippen molar-refractivity contribution in [2.24, 2.45) is 0 Å². The Morgan fingerprint density at radius 2 is 2.25 bits per heavy atom. The summed E-state index contributed by atoms with van der Waals surface area (Å²) in [6.07, 6.45) is 1.66. The molecular formula is C12H15BrO3. The summed E-state index contributed by atoms with van der Waals surface area (Å²) in [5, 5.41) is 10.5. The lowest BCUT2D eigenvalue weighted by Crippen LogP contribution is -2.05. The Bertz CT molecular complexity index is 363. The molecule has 0 aromatic heterocycles. The molecule has 3 nitrogen and oxygen atoms in total. The number of hydrogen-bond donors (Lipinski definition) is 1. The van der Waals surface area contributed by atoms with Crippen molar-refractivity contribution < 1.29 is 14.6 Å². The predicted molar refractivity (Wildman–Crippen MR) is 66.2 cm³/mol. The summed E-state index contributed by atoms with van der Waals surface area (Å²) in [6, 6.07) is 4.80. The van der Waals surface area contributed by atoms with Gasteiger partial charge in [0.15, 0.2) is 0 Å². The number of carbonyl (C=O) groups excluding carboxylic acids is 1. The van der Waals surface area contributed by atoms with Crippen LogP contribution in [0.5, 0.6) is 5.75 Å². The number of rotatable bonds is 5. The van der Waals surface area contributed by atoms with Crippen LogP contribution in [-0.2, 0) is 11.2 Å². The Labute approximate surface area is 104 Å². The van der Waals surface area contributed by atoms with E-state index in [2.05, 4.69) is 15.9 Å². The molecule has 1 rings (SSSR count). The van der Waals surface area contributed by atoms with Gasteiger partial charge >= 0.3 is 5.97 Å². The average molecular weight is 287 g/mol. The van der Waals surface area contributed by atoms with Gasteiger partial charge in [0.05, 0.1) is 12.2 Å². The molecule has 88 valence electrons. The van der Waals surface area contributed by atoms with Crippen molar-refractivity contribution >= 4 is 21.9 Å². The molecule has 0 aliphatic rings. The van der Waals surface area contributed by atoms with E-state index in [1.807, 2.05) is 0 Å². The summed E-state index contributed by atoms with van der Waals surface area (Å²) in [7, 11) is 0. The van der Waals surface area contributed by atoms with Crippen molar-refractivity contribution in [3.63, 3.8) is 0 Å². The van der Waals surface area contributed by atoms with E-state index in [1.165, 1.54) is 6.07 Å². The lowest BCUT2D eigenvalue weighted by molar-refractivity contribution is 0.0526. The van der Waals surface area contributed by atoms with E-state index in [-0.39, 0.29) is 11.7 Å². The first-order valence-electron chi connectivity index (χ1n) is 5.24. The number of aromatic hydroxyl groups is 1. The fourth-order valence-corrected chi connectivity index (χ4v) is 1.66. The molecule has 1 aromatic rings. The molecule has 0 spiro atoms. The summed E-state index contributed by atoms with van der Waals surface area (Å²) in [6.45, 7) is 2.13. The van der Waals surface area contributed by atoms with E-state index >= 15 is 0 Å². The van der Waals surface area contributed by atoms with Gasteiger partial charge in [-0.15, -0.1) is 0 Å². The third-order valence-corrected chi connectivity index (χ3v) is 2.73. The van der Waals surface area contributed by atoms with Crippen LogP contribution < -0.4 is 0 Å². The number of alkyl halides is 1. The number of benzene rings is 1. The fraction of sp³-hybridized carbons (Fsp3) is 0.417. The van der Waals surface area contributed by atoms with Crippen LogP contribution in [0.15, 0.2) is 18.2 Å². The molecule has 0 bridgehead atoms. The van der Waals surface area contributed by atoms with Crippen LogP contribution in [0.1, 0.15) is 29.3 Å². The summed E-state index contributed by atoms with van der Waals surface area (Å²) in [5.74, 6) is -0.114. The molecule has 1 N–H and O–H groups in total. The van der Waals surface area contributed by atoms with Crippen LogP contribution in [-0.4, -0.2) is 23.0 Å². The van der Waals surface area contributed by atoms with Gasteiger partial charge in [-0.1, -0.05) is 15.9 Å². The highest BCUT2D eigenvalue weighted by atomic mass is 79.9. The van der Waals surface area contributed by atoms with Gasteiger partial charge in [0, 0.05) is 5.33 Å². The van der Waals surface area contributed by atoms with E-state index in [9.17, 15) is 9.90 Å². The molecule has 1 aromatic carbocycles. The molecule has 0 saturated heterocycles. The highest BCUT2D eigenvalue weighted by molar-refractivity contribution is 9.09. The van der Waals surface area contributed by atoms with Gasteiger partial charge < -0.3 is 9.84 Å². The monoisotopic (exact) mass is 286 g/mol. The minimum Gasteiger partial charge on any atom is -0.508 e. The van der Waals surface area contributed by atoms with Gasteiger partial charge in [-0.2, -0.15) is 0 Å². The topological polar surface area (TPSA) is 46.5 Å². The van der Waals surface area contributed by atoms with Crippen molar-refractivity contribution in [3.8, 4) is 5.75 Å². The second-order valence-electron chi connectivity index (χ2n) is 3.36. The molecule has 0 saturated carbocycles. The quantitative estimate of drug-likeness (QED) is 0.669. The summed E-state index contributed by atoms with van der Waals surface area (Å²) < 4.78 is 4.90. The number of esters is 1. The third-order valence-electron chi connectivity index (χ3n) is 2.17. The van der Waals surface area contributed by atoms with Crippen molar-refractivity contribution in [1.29, 1.82) is 0 Å². The molecule has 0 atom stereocenters. The molecule has 4 heteroatoms. The maximum Gasteiger partial charge on any atom is 0.338 e. The minimum atomic E-state index is -0.345. The van der Waals surface area contributed by atoms with E-state index in [0.717, 1.165) is 23.7 Å². The second kappa shape index (κ2) is 6.53. The first-order chi connectivity index (χ1) is 7.69. The zero-order valence-electron chi connectivity index (χ0n) is 9.20. The highest BCUT2D eigenvalue weighted by Crippen LogP contribution is 2.20. The van der Waals surface area contributed by atoms with Gasteiger partial charge in [-0.3, -0.25) is 0 Å². The SMILES string of the molecule is CCOC(=O)c1ccc(O)c(CCCBr)c1. The van der Waals surface area contributed by atoms with E-state index in [4.69, 9.17) is 4.74 Å². The van der Waals surface area contributed by atoms with Crippen molar-refractivity contribution in [2.45, 2.75) is 19.8 Å². The molecular weight excluding hydrogens is 272 g/mol. The molecule has 0 heterocycles. The zero-order chi connectivity index (χ0) is 12.0. The van der Waals surface area contributed by atoms with Gasteiger partial charge in [0.25, 0.3) is 0 Å². The summed E-state index contributed by atoms with van der Waals surface area (Å²) in [4.78, 5) is 11.5. The fourth-order valence-electron chi connectivity index (χ4n) is 1.38. The van der Waals surface area contributed by atoms with Crippen LogP contribution in [0.3, 0.4) is 0 Å². The average Bonchev–Trinajstić information content (AvgIpc) is 2.28. The minimum absolute atomic E-state index is 0.231. The number of halogens is 1. The van der Waals surface area contributed by atoms with Crippen LogP contribution in [0.25, 0.3) is 0 Å². The standard InChI is InChI=1S/C12H15BrO3/c1-2-16-12(15)10-5-6-11(14)9(8-10)4-3-7-13/h5-6,8,14H,2-4,7H2,1H3. The van der Waals surface area contributed by atoms with Crippen molar-refractivity contribution in [3.05, 3.63) is 29.3 Å². The third kappa shape index (κ3) is 3.52. The van der Waals surface area contributed by atoms with Crippen molar-refractivity contribution in [2.75, 3.05) is 11.9 Å². The number of hydrogen-bond acceptors (Lipinski definition) is 3. The molecule has 0 amide bonds. The van der Waals surface area contributed by atoms with Gasteiger partial charge in [-0.25, -0.2) is 4.79 Å². The van der Waals surface area contributed by atoms with Crippen LogP contribution in [0, 0.1) is 0 Å². The Morgan fingerprint density at radius 3 is 2.88 bits per heavy atom. The number of phenolic OH excluding ortho intramolecular Hbond substituents is 1. The first-order valence-corrected chi connectivity index (χ1v) is 6.36. The molecule has 0 aliphatic carbocycles. The second-order valence-corrected chi connectivity index (χ2v) is 4.15. The zero-order valence-corrected chi connectivity index (χ0v) is 10.8. The van der Waals surface area contributed by atoms with E-state index < -0.39 is 0 Å². The molecule has 0 radical (unpaired) electrons.